The third-order valence-corrected chi connectivity index (χ3v) is 3.38. The van der Waals surface area contributed by atoms with Gasteiger partial charge in [-0.2, -0.15) is 0 Å². The van der Waals surface area contributed by atoms with Crippen LogP contribution in [-0.4, -0.2) is 43.4 Å². The van der Waals surface area contributed by atoms with E-state index in [4.69, 9.17) is 9.47 Å². The second kappa shape index (κ2) is 8.84. The molecule has 0 atom stereocenters. The van der Waals surface area contributed by atoms with Crippen LogP contribution in [-0.2, 0) is 0 Å². The molecule has 0 radical (unpaired) electrons. The van der Waals surface area contributed by atoms with Crippen LogP contribution in [0.25, 0.3) is 0 Å². The number of alkyl halides is 1. The van der Waals surface area contributed by atoms with E-state index in [-0.39, 0.29) is 5.91 Å². The van der Waals surface area contributed by atoms with Crippen molar-refractivity contribution in [3.05, 3.63) is 23.8 Å². The summed E-state index contributed by atoms with van der Waals surface area (Å²) in [5, 5.41) is 0.767. The molecule has 20 heavy (non-hydrogen) atoms. The third-order valence-electron chi connectivity index (χ3n) is 3.02. The van der Waals surface area contributed by atoms with E-state index < -0.39 is 0 Å². The lowest BCUT2D eigenvalue weighted by Gasteiger charge is -2.22. The second-order valence-electron chi connectivity index (χ2n) is 4.44. The average Bonchev–Trinajstić information content (AvgIpc) is 2.50. The minimum Gasteiger partial charge on any atom is -0.497 e. The third kappa shape index (κ3) is 4.71. The molecule has 0 aromatic heterocycles. The molecule has 5 heteroatoms. The van der Waals surface area contributed by atoms with Crippen molar-refractivity contribution in [2.75, 3.05) is 32.6 Å². The molecule has 0 bridgehead atoms. The quantitative estimate of drug-likeness (QED) is 0.679. The van der Waals surface area contributed by atoms with Crippen molar-refractivity contribution in [3.8, 4) is 11.5 Å². The highest BCUT2D eigenvalue weighted by atomic mass is 79.9. The van der Waals surface area contributed by atoms with Gasteiger partial charge in [0, 0.05) is 30.0 Å². The molecule has 112 valence electrons. The first-order chi connectivity index (χ1) is 9.65. The number of rotatable bonds is 8. The molecule has 1 aromatic carbocycles. The molecule has 0 spiro atoms. The Bertz CT molecular complexity index is 415. The van der Waals surface area contributed by atoms with Crippen molar-refractivity contribution in [2.24, 2.45) is 0 Å². The zero-order chi connectivity index (χ0) is 15.0. The molecule has 0 heterocycles. The van der Waals surface area contributed by atoms with Gasteiger partial charge < -0.3 is 14.4 Å². The Hall–Kier alpha value is -1.23. The van der Waals surface area contributed by atoms with Crippen molar-refractivity contribution in [1.82, 2.24) is 4.90 Å². The molecule has 0 N–H and O–H groups in total. The Morgan fingerprint density at radius 2 is 1.75 bits per heavy atom. The summed E-state index contributed by atoms with van der Waals surface area (Å²) >= 11 is 3.40. The molecule has 1 rings (SSSR count). The van der Waals surface area contributed by atoms with Gasteiger partial charge in [-0.25, -0.2) is 0 Å². The SMILES string of the molecule is CCCCN(CCBr)C(=O)c1cc(OC)cc(OC)c1. The van der Waals surface area contributed by atoms with E-state index in [9.17, 15) is 4.79 Å². The maximum absolute atomic E-state index is 12.6. The summed E-state index contributed by atoms with van der Waals surface area (Å²) in [7, 11) is 3.16. The van der Waals surface area contributed by atoms with E-state index in [0.29, 0.717) is 23.6 Å². The smallest absolute Gasteiger partial charge is 0.254 e. The molecule has 1 aromatic rings. The van der Waals surface area contributed by atoms with E-state index >= 15 is 0 Å². The van der Waals surface area contributed by atoms with Crippen LogP contribution in [0.5, 0.6) is 11.5 Å². The van der Waals surface area contributed by atoms with Crippen LogP contribution in [0.4, 0.5) is 0 Å². The van der Waals surface area contributed by atoms with Gasteiger partial charge in [0.1, 0.15) is 11.5 Å². The standard InChI is InChI=1S/C15H22BrNO3/c1-4-5-7-17(8-6-16)15(18)12-9-13(19-2)11-14(10-12)20-3/h9-11H,4-8H2,1-3H3. The van der Waals surface area contributed by atoms with Gasteiger partial charge in [0.15, 0.2) is 0 Å². The van der Waals surface area contributed by atoms with Crippen LogP contribution in [0.3, 0.4) is 0 Å². The molecule has 0 unspecified atom stereocenters. The minimum atomic E-state index is 0.00935. The minimum absolute atomic E-state index is 0.00935. The number of methoxy groups -OCH3 is 2. The molecular formula is C15H22BrNO3. The fourth-order valence-corrected chi connectivity index (χ4v) is 2.31. The first-order valence-electron chi connectivity index (χ1n) is 6.74. The van der Waals surface area contributed by atoms with Gasteiger partial charge >= 0.3 is 0 Å². The average molecular weight is 344 g/mol. The number of hydrogen-bond acceptors (Lipinski definition) is 3. The number of carbonyl (C=O) groups is 1. The summed E-state index contributed by atoms with van der Waals surface area (Å²) < 4.78 is 10.4. The number of nitrogens with zero attached hydrogens (tertiary/aromatic N) is 1. The molecule has 0 saturated carbocycles. The summed E-state index contributed by atoms with van der Waals surface area (Å²) in [6.07, 6.45) is 2.06. The predicted octanol–water partition coefficient (Wildman–Crippen LogP) is 3.34. The fourth-order valence-electron chi connectivity index (χ4n) is 1.88. The number of carbonyl (C=O) groups excluding carboxylic acids is 1. The number of halogens is 1. The van der Waals surface area contributed by atoms with Gasteiger partial charge in [0.2, 0.25) is 0 Å². The molecule has 0 fully saturated rings. The Labute approximate surface area is 129 Å². The van der Waals surface area contributed by atoms with Gasteiger partial charge in [-0.1, -0.05) is 29.3 Å². The van der Waals surface area contributed by atoms with E-state index in [1.807, 2.05) is 4.90 Å². The maximum atomic E-state index is 12.6. The summed E-state index contributed by atoms with van der Waals surface area (Å²) in [6, 6.07) is 5.26. The molecule has 4 nitrogen and oxygen atoms in total. The topological polar surface area (TPSA) is 38.8 Å². The Morgan fingerprint density at radius 3 is 2.20 bits per heavy atom. The van der Waals surface area contributed by atoms with Crippen molar-refractivity contribution in [3.63, 3.8) is 0 Å². The molecular weight excluding hydrogens is 322 g/mol. The van der Waals surface area contributed by atoms with Crippen LogP contribution < -0.4 is 9.47 Å². The number of benzene rings is 1. The van der Waals surface area contributed by atoms with Crippen LogP contribution in [0.1, 0.15) is 30.1 Å². The molecule has 0 aliphatic heterocycles. The molecule has 0 aliphatic rings. The van der Waals surface area contributed by atoms with Gasteiger partial charge in [0.05, 0.1) is 14.2 Å². The molecule has 0 aliphatic carbocycles. The van der Waals surface area contributed by atoms with E-state index in [1.165, 1.54) is 0 Å². The second-order valence-corrected chi connectivity index (χ2v) is 5.23. The number of ether oxygens (including phenoxy) is 2. The van der Waals surface area contributed by atoms with E-state index in [1.54, 1.807) is 32.4 Å². The normalized spacial score (nSPS) is 10.2. The van der Waals surface area contributed by atoms with Gasteiger partial charge in [-0.05, 0) is 18.6 Å². The van der Waals surface area contributed by atoms with E-state index in [0.717, 1.165) is 24.7 Å². The van der Waals surface area contributed by atoms with Crippen molar-refractivity contribution < 1.29 is 14.3 Å². The Morgan fingerprint density at radius 1 is 1.15 bits per heavy atom. The van der Waals surface area contributed by atoms with Crippen molar-refractivity contribution >= 4 is 21.8 Å². The lowest BCUT2D eigenvalue weighted by molar-refractivity contribution is 0.0763. The zero-order valence-electron chi connectivity index (χ0n) is 12.3. The Kier molecular flexibility index (Phi) is 7.44. The number of amides is 1. The highest BCUT2D eigenvalue weighted by Crippen LogP contribution is 2.23. The summed E-state index contributed by atoms with van der Waals surface area (Å²) in [6.45, 7) is 3.57. The van der Waals surface area contributed by atoms with Crippen LogP contribution >= 0.6 is 15.9 Å². The molecule has 0 saturated heterocycles. The van der Waals surface area contributed by atoms with Gasteiger partial charge in [-0.3, -0.25) is 4.79 Å². The molecule has 1 amide bonds. The highest BCUT2D eigenvalue weighted by Gasteiger charge is 2.16. The number of unbranched alkanes of at least 4 members (excludes halogenated alkanes) is 1. The summed E-state index contributed by atoms with van der Waals surface area (Å²) in [5.41, 5.74) is 0.596. The van der Waals surface area contributed by atoms with Crippen LogP contribution in [0, 0.1) is 0 Å². The highest BCUT2D eigenvalue weighted by molar-refractivity contribution is 9.09. The summed E-state index contributed by atoms with van der Waals surface area (Å²) in [5.74, 6) is 1.26. The van der Waals surface area contributed by atoms with Crippen molar-refractivity contribution in [1.29, 1.82) is 0 Å². The van der Waals surface area contributed by atoms with Crippen molar-refractivity contribution in [2.45, 2.75) is 19.8 Å². The van der Waals surface area contributed by atoms with Gasteiger partial charge in [-0.15, -0.1) is 0 Å². The first kappa shape index (κ1) is 16.8. The van der Waals surface area contributed by atoms with Crippen LogP contribution in [0.15, 0.2) is 18.2 Å². The van der Waals surface area contributed by atoms with Gasteiger partial charge in [0.25, 0.3) is 5.91 Å². The lowest BCUT2D eigenvalue weighted by atomic mass is 10.1. The zero-order valence-corrected chi connectivity index (χ0v) is 13.9. The predicted molar refractivity (Wildman–Crippen MR) is 84.2 cm³/mol. The van der Waals surface area contributed by atoms with E-state index in [2.05, 4.69) is 22.9 Å². The summed E-state index contributed by atoms with van der Waals surface area (Å²) in [4.78, 5) is 14.4. The maximum Gasteiger partial charge on any atom is 0.254 e. The lowest BCUT2D eigenvalue weighted by Crippen LogP contribution is -2.33. The fraction of sp³-hybridized carbons (Fsp3) is 0.533. The number of hydrogen-bond donors (Lipinski definition) is 0. The first-order valence-corrected chi connectivity index (χ1v) is 7.86. The monoisotopic (exact) mass is 343 g/mol. The Balaban J connectivity index is 2.97. The van der Waals surface area contributed by atoms with Crippen LogP contribution in [0.2, 0.25) is 0 Å². The largest absolute Gasteiger partial charge is 0.497 e.